The van der Waals surface area contributed by atoms with Gasteiger partial charge in [-0.3, -0.25) is 4.57 Å². The minimum Gasteiger partial charge on any atom is -0.494 e. The second-order valence-corrected chi connectivity index (χ2v) is 5.87. The lowest BCUT2D eigenvalue weighted by molar-refractivity contribution is 0.296. The number of hydrogen-bond donors (Lipinski definition) is 0. The van der Waals surface area contributed by atoms with E-state index in [1.54, 1.807) is 36.4 Å². The molecule has 0 amide bonds. The highest BCUT2D eigenvalue weighted by Crippen LogP contribution is 2.16. The van der Waals surface area contributed by atoms with Crippen molar-refractivity contribution in [1.29, 1.82) is 0 Å². The van der Waals surface area contributed by atoms with Crippen LogP contribution in [0.3, 0.4) is 0 Å². The van der Waals surface area contributed by atoms with Gasteiger partial charge in [-0.15, -0.1) is 0 Å². The summed E-state index contributed by atoms with van der Waals surface area (Å²) in [7, 11) is 0. The highest BCUT2D eigenvalue weighted by molar-refractivity contribution is 6.30. The summed E-state index contributed by atoms with van der Waals surface area (Å²) in [4.78, 5) is 23.9. The van der Waals surface area contributed by atoms with Gasteiger partial charge in [-0.2, -0.15) is 0 Å². The summed E-state index contributed by atoms with van der Waals surface area (Å²) in [6, 6.07) is 12.4. The van der Waals surface area contributed by atoms with Crippen molar-refractivity contribution in [2.75, 3.05) is 6.61 Å². The van der Waals surface area contributed by atoms with E-state index in [9.17, 15) is 9.59 Å². The fourth-order valence-electron chi connectivity index (χ4n) is 2.61. The number of rotatable bonds is 5. The molecule has 0 aliphatic heterocycles. The minimum atomic E-state index is -0.645. The lowest BCUT2D eigenvalue weighted by Crippen LogP contribution is -2.26. The van der Waals surface area contributed by atoms with Crippen LogP contribution < -0.4 is 16.1 Å². The summed E-state index contributed by atoms with van der Waals surface area (Å²) in [6.07, 6.45) is 0.597. The molecule has 1 heterocycles. The van der Waals surface area contributed by atoms with Gasteiger partial charge in [0.05, 0.1) is 17.5 Å². The maximum Gasteiger partial charge on any atom is 0.422 e. The zero-order valence-corrected chi connectivity index (χ0v) is 13.9. The first kappa shape index (κ1) is 16.3. The quantitative estimate of drug-likeness (QED) is 0.665. The van der Waals surface area contributed by atoms with Crippen molar-refractivity contribution < 1.29 is 9.15 Å². The monoisotopic (exact) mass is 345 g/mol. The van der Waals surface area contributed by atoms with Gasteiger partial charge in [-0.25, -0.2) is 9.59 Å². The van der Waals surface area contributed by atoms with Crippen molar-refractivity contribution in [2.45, 2.75) is 19.9 Å². The normalized spacial score (nSPS) is 10.9. The molecule has 0 radical (unpaired) electrons. The Hall–Kier alpha value is -2.53. The Morgan fingerprint density at radius 1 is 1.12 bits per heavy atom. The Bertz CT molecular complexity index is 973. The lowest BCUT2D eigenvalue weighted by Gasteiger charge is -2.11. The number of aryl methyl sites for hydroxylation is 2. The summed E-state index contributed by atoms with van der Waals surface area (Å²) in [5, 5.41) is 1.06. The third-order valence-electron chi connectivity index (χ3n) is 3.74. The van der Waals surface area contributed by atoms with E-state index in [-0.39, 0.29) is 0 Å². The van der Waals surface area contributed by atoms with Crippen LogP contribution in [-0.2, 0) is 6.54 Å². The molecule has 0 fully saturated rings. The second-order valence-electron chi connectivity index (χ2n) is 5.43. The molecular formula is C18H16ClNO4. The first-order chi connectivity index (χ1) is 11.6. The molecular weight excluding hydrogens is 330 g/mol. The predicted molar refractivity (Wildman–Crippen MR) is 93.0 cm³/mol. The molecule has 0 spiro atoms. The SMILES string of the molecule is Cc1cccc2c(=O)oc(=O)n(CCCOc3ccc(Cl)cc3)c12. The second kappa shape index (κ2) is 6.93. The first-order valence-electron chi connectivity index (χ1n) is 7.58. The van der Waals surface area contributed by atoms with Crippen LogP contribution in [0, 0.1) is 6.92 Å². The van der Waals surface area contributed by atoms with E-state index in [0.29, 0.717) is 41.2 Å². The Balaban J connectivity index is 1.77. The number of aromatic nitrogens is 1. The molecule has 0 saturated carbocycles. The molecule has 5 nitrogen and oxygen atoms in total. The van der Waals surface area contributed by atoms with Crippen LogP contribution in [0.1, 0.15) is 12.0 Å². The maximum absolute atomic E-state index is 12.0. The molecule has 0 unspecified atom stereocenters. The maximum atomic E-state index is 12.0. The third-order valence-corrected chi connectivity index (χ3v) is 3.99. The average molecular weight is 346 g/mol. The van der Waals surface area contributed by atoms with Crippen LogP contribution in [0.15, 0.2) is 56.5 Å². The number of halogens is 1. The van der Waals surface area contributed by atoms with Crippen LogP contribution in [0.25, 0.3) is 10.9 Å². The Morgan fingerprint density at radius 3 is 2.62 bits per heavy atom. The van der Waals surface area contributed by atoms with Gasteiger partial charge in [0.15, 0.2) is 0 Å². The van der Waals surface area contributed by atoms with Gasteiger partial charge in [0.25, 0.3) is 0 Å². The largest absolute Gasteiger partial charge is 0.494 e. The predicted octanol–water partition coefficient (Wildman–Crippen LogP) is 3.39. The van der Waals surface area contributed by atoms with Crippen LogP contribution in [0.4, 0.5) is 0 Å². The number of benzene rings is 2. The number of fused-ring (bicyclic) bond motifs is 1. The van der Waals surface area contributed by atoms with Crippen molar-refractivity contribution in [1.82, 2.24) is 4.57 Å². The van der Waals surface area contributed by atoms with Crippen LogP contribution in [0.5, 0.6) is 5.75 Å². The molecule has 124 valence electrons. The highest BCUT2D eigenvalue weighted by Gasteiger charge is 2.11. The van der Waals surface area contributed by atoms with E-state index >= 15 is 0 Å². The zero-order chi connectivity index (χ0) is 17.1. The minimum absolute atomic E-state index is 0.400. The summed E-state index contributed by atoms with van der Waals surface area (Å²) in [5.74, 6) is 0.0701. The number of hydrogen-bond acceptors (Lipinski definition) is 4. The number of para-hydroxylation sites is 1. The van der Waals surface area contributed by atoms with Gasteiger partial charge in [0, 0.05) is 11.6 Å². The molecule has 6 heteroatoms. The van der Waals surface area contributed by atoms with Crippen molar-refractivity contribution in [3.05, 3.63) is 74.0 Å². The molecule has 1 aromatic heterocycles. The average Bonchev–Trinajstić information content (AvgIpc) is 2.56. The van der Waals surface area contributed by atoms with Crippen molar-refractivity contribution in [3.8, 4) is 5.75 Å². The van der Waals surface area contributed by atoms with Crippen LogP contribution in [-0.4, -0.2) is 11.2 Å². The molecule has 3 aromatic rings. The topological polar surface area (TPSA) is 61.4 Å². The fraction of sp³-hybridized carbons (Fsp3) is 0.222. The lowest BCUT2D eigenvalue weighted by atomic mass is 10.1. The molecule has 0 saturated heterocycles. The molecule has 24 heavy (non-hydrogen) atoms. The standard InChI is InChI=1S/C18H16ClNO4/c1-12-4-2-5-15-16(12)20(18(22)24-17(15)21)10-3-11-23-14-8-6-13(19)7-9-14/h2,4-9H,3,10-11H2,1H3. The fourth-order valence-corrected chi connectivity index (χ4v) is 2.74. The molecule has 3 rings (SSSR count). The van der Waals surface area contributed by atoms with E-state index in [0.717, 1.165) is 5.56 Å². The zero-order valence-electron chi connectivity index (χ0n) is 13.1. The van der Waals surface area contributed by atoms with E-state index in [2.05, 4.69) is 0 Å². The van der Waals surface area contributed by atoms with Gasteiger partial charge in [0.1, 0.15) is 5.75 Å². The molecule has 0 aliphatic rings. The molecule has 0 N–H and O–H groups in total. The first-order valence-corrected chi connectivity index (χ1v) is 7.96. The van der Waals surface area contributed by atoms with E-state index in [1.165, 1.54) is 4.57 Å². The Morgan fingerprint density at radius 2 is 1.88 bits per heavy atom. The molecule has 0 atom stereocenters. The van der Waals surface area contributed by atoms with E-state index in [4.69, 9.17) is 20.8 Å². The van der Waals surface area contributed by atoms with Crippen LogP contribution >= 0.6 is 11.6 Å². The van der Waals surface area contributed by atoms with Crippen LogP contribution in [0.2, 0.25) is 5.02 Å². The molecule has 0 aliphatic carbocycles. The van der Waals surface area contributed by atoms with Gasteiger partial charge in [-0.05, 0) is 49.2 Å². The van der Waals surface area contributed by atoms with Gasteiger partial charge in [0.2, 0.25) is 0 Å². The smallest absolute Gasteiger partial charge is 0.422 e. The Labute approximate surface area is 143 Å². The van der Waals surface area contributed by atoms with Gasteiger partial charge < -0.3 is 9.15 Å². The van der Waals surface area contributed by atoms with Crippen molar-refractivity contribution in [3.63, 3.8) is 0 Å². The molecule has 2 aromatic carbocycles. The summed E-state index contributed by atoms with van der Waals surface area (Å²) >= 11 is 5.82. The summed E-state index contributed by atoms with van der Waals surface area (Å²) in [5.41, 5.74) is 0.869. The Kier molecular flexibility index (Phi) is 4.71. The van der Waals surface area contributed by atoms with E-state index in [1.807, 2.05) is 13.0 Å². The number of nitrogens with zero attached hydrogens (tertiary/aromatic N) is 1. The van der Waals surface area contributed by atoms with Gasteiger partial charge >= 0.3 is 11.4 Å². The third kappa shape index (κ3) is 3.36. The van der Waals surface area contributed by atoms with E-state index < -0.39 is 11.4 Å². The van der Waals surface area contributed by atoms with Crippen molar-refractivity contribution >= 4 is 22.5 Å². The summed E-state index contributed by atoms with van der Waals surface area (Å²) < 4.78 is 11.9. The van der Waals surface area contributed by atoms with Crippen molar-refractivity contribution in [2.24, 2.45) is 0 Å². The molecule has 0 bridgehead atoms. The summed E-state index contributed by atoms with van der Waals surface area (Å²) in [6.45, 7) is 2.69. The highest BCUT2D eigenvalue weighted by atomic mass is 35.5. The van der Waals surface area contributed by atoms with Gasteiger partial charge in [-0.1, -0.05) is 23.7 Å². The number of ether oxygens (including phenoxy) is 1.